The minimum atomic E-state index is 0.532. The van der Waals surface area contributed by atoms with Crippen LogP contribution in [0, 0.1) is 6.92 Å². The van der Waals surface area contributed by atoms with Crippen LogP contribution < -0.4 is 0 Å². The van der Waals surface area contributed by atoms with Gasteiger partial charge in [-0.2, -0.15) is 0 Å². The lowest BCUT2D eigenvalue weighted by atomic mass is 10.1. The monoisotopic (exact) mass is 255 g/mol. The maximum Gasteiger partial charge on any atom is 0.131 e. The van der Waals surface area contributed by atoms with Crippen LogP contribution in [0.25, 0.3) is 22.2 Å². The maximum atomic E-state index is 5.95. The molecule has 0 saturated heterocycles. The molecular weight excluding hydrogens is 246 g/mol. The van der Waals surface area contributed by atoms with Crippen LogP contribution >= 0.6 is 11.6 Å². The Bertz CT molecular complexity index is 720. The highest BCUT2D eigenvalue weighted by Crippen LogP contribution is 2.27. The first-order valence-corrected chi connectivity index (χ1v) is 5.96. The third-order valence-corrected chi connectivity index (χ3v) is 3.22. The molecule has 88 valence electrons. The van der Waals surface area contributed by atoms with Gasteiger partial charge >= 0.3 is 0 Å². The van der Waals surface area contributed by atoms with Gasteiger partial charge in [0.15, 0.2) is 0 Å². The van der Waals surface area contributed by atoms with Crippen LogP contribution in [0.5, 0.6) is 0 Å². The van der Waals surface area contributed by atoms with Crippen molar-refractivity contribution in [3.8, 4) is 11.1 Å². The maximum absolute atomic E-state index is 5.95. The molecule has 0 aliphatic rings. The fourth-order valence-electron chi connectivity index (χ4n) is 1.92. The van der Waals surface area contributed by atoms with E-state index in [2.05, 4.69) is 15.0 Å². The van der Waals surface area contributed by atoms with Gasteiger partial charge in [-0.15, -0.1) is 0 Å². The molecule has 0 amide bonds. The molecule has 3 nitrogen and oxygen atoms in total. The van der Waals surface area contributed by atoms with Crippen molar-refractivity contribution in [1.82, 2.24) is 15.0 Å². The molecule has 0 N–H and O–H groups in total. The van der Waals surface area contributed by atoms with Crippen LogP contribution in [0.4, 0.5) is 0 Å². The summed E-state index contributed by atoms with van der Waals surface area (Å²) in [6.07, 6.45) is 5.31. The van der Waals surface area contributed by atoms with Gasteiger partial charge in [-0.1, -0.05) is 11.6 Å². The molecule has 3 aromatic rings. The van der Waals surface area contributed by atoms with Crippen LogP contribution in [0.2, 0.25) is 5.15 Å². The predicted molar refractivity (Wildman–Crippen MR) is 72.5 cm³/mol. The van der Waals surface area contributed by atoms with Crippen LogP contribution in [0.15, 0.2) is 42.9 Å². The number of pyridine rings is 3. The number of fused-ring (bicyclic) bond motifs is 1. The van der Waals surface area contributed by atoms with E-state index in [0.29, 0.717) is 5.15 Å². The van der Waals surface area contributed by atoms with Gasteiger partial charge in [0, 0.05) is 29.7 Å². The van der Waals surface area contributed by atoms with Crippen molar-refractivity contribution in [1.29, 1.82) is 0 Å². The van der Waals surface area contributed by atoms with Crippen LogP contribution in [0.1, 0.15) is 5.56 Å². The van der Waals surface area contributed by atoms with E-state index < -0.39 is 0 Å². The lowest BCUT2D eigenvalue weighted by molar-refractivity contribution is 1.26. The van der Waals surface area contributed by atoms with Gasteiger partial charge in [0.25, 0.3) is 0 Å². The standard InChI is InChI=1S/C14H10ClN3/c1-9-7-10(8-18-14(9)15)11-4-6-16-12-3-2-5-17-13(11)12/h2-8H,1H3. The van der Waals surface area contributed by atoms with Gasteiger partial charge in [0.05, 0.1) is 11.0 Å². The summed E-state index contributed by atoms with van der Waals surface area (Å²) < 4.78 is 0. The second kappa shape index (κ2) is 4.35. The molecule has 0 aromatic carbocycles. The van der Waals surface area contributed by atoms with Crippen molar-refractivity contribution in [3.05, 3.63) is 53.6 Å². The van der Waals surface area contributed by atoms with E-state index in [-0.39, 0.29) is 0 Å². The molecule has 0 fully saturated rings. The second-order valence-electron chi connectivity index (χ2n) is 4.06. The summed E-state index contributed by atoms with van der Waals surface area (Å²) in [5.74, 6) is 0. The quantitative estimate of drug-likeness (QED) is 0.623. The third kappa shape index (κ3) is 1.83. The number of halogens is 1. The number of aromatic nitrogens is 3. The first-order valence-electron chi connectivity index (χ1n) is 5.58. The molecule has 0 bridgehead atoms. The fourth-order valence-corrected chi connectivity index (χ4v) is 2.02. The van der Waals surface area contributed by atoms with Crippen molar-refractivity contribution >= 4 is 22.6 Å². The van der Waals surface area contributed by atoms with E-state index in [1.165, 1.54) is 0 Å². The lowest BCUT2D eigenvalue weighted by Crippen LogP contribution is -1.89. The molecule has 0 spiro atoms. The summed E-state index contributed by atoms with van der Waals surface area (Å²) in [5, 5.41) is 0.532. The highest BCUT2D eigenvalue weighted by Gasteiger charge is 2.07. The number of hydrogen-bond acceptors (Lipinski definition) is 3. The van der Waals surface area contributed by atoms with Gasteiger partial charge < -0.3 is 0 Å². The molecule has 0 radical (unpaired) electrons. The molecule has 0 atom stereocenters. The Labute approximate surface area is 109 Å². The third-order valence-electron chi connectivity index (χ3n) is 2.82. The van der Waals surface area contributed by atoms with Crippen LogP contribution in [0.3, 0.4) is 0 Å². The summed E-state index contributed by atoms with van der Waals surface area (Å²) in [6, 6.07) is 7.78. The molecule has 3 aromatic heterocycles. The van der Waals surface area contributed by atoms with Gasteiger partial charge in [0.1, 0.15) is 5.15 Å². The van der Waals surface area contributed by atoms with Crippen LogP contribution in [-0.2, 0) is 0 Å². The van der Waals surface area contributed by atoms with E-state index in [0.717, 1.165) is 27.7 Å². The topological polar surface area (TPSA) is 38.7 Å². The second-order valence-corrected chi connectivity index (χ2v) is 4.42. The number of nitrogens with zero attached hydrogens (tertiary/aromatic N) is 3. The van der Waals surface area contributed by atoms with E-state index in [9.17, 15) is 0 Å². The molecule has 4 heteroatoms. The highest BCUT2D eigenvalue weighted by atomic mass is 35.5. The Balaban J connectivity index is 2.28. The Morgan fingerprint density at radius 1 is 1.06 bits per heavy atom. The molecule has 0 aliphatic carbocycles. The summed E-state index contributed by atoms with van der Waals surface area (Å²) in [6.45, 7) is 1.94. The van der Waals surface area contributed by atoms with Crippen molar-refractivity contribution in [2.75, 3.05) is 0 Å². The smallest absolute Gasteiger partial charge is 0.131 e. The van der Waals surface area contributed by atoms with Crippen molar-refractivity contribution < 1.29 is 0 Å². The molecule has 0 saturated carbocycles. The highest BCUT2D eigenvalue weighted by molar-refractivity contribution is 6.30. The van der Waals surface area contributed by atoms with Crippen LogP contribution in [-0.4, -0.2) is 15.0 Å². The zero-order valence-corrected chi connectivity index (χ0v) is 10.5. The largest absolute Gasteiger partial charge is 0.255 e. The van der Waals surface area contributed by atoms with Gasteiger partial charge in [-0.25, -0.2) is 4.98 Å². The normalized spacial score (nSPS) is 10.8. The summed E-state index contributed by atoms with van der Waals surface area (Å²) in [7, 11) is 0. The summed E-state index contributed by atoms with van der Waals surface area (Å²) in [5.41, 5.74) is 4.73. The van der Waals surface area contributed by atoms with E-state index >= 15 is 0 Å². The molecule has 3 heterocycles. The Kier molecular flexibility index (Phi) is 2.68. The first kappa shape index (κ1) is 11.1. The molecule has 0 unspecified atom stereocenters. The average Bonchev–Trinajstić information content (AvgIpc) is 2.41. The van der Waals surface area contributed by atoms with Gasteiger partial charge in [-0.05, 0) is 36.8 Å². The van der Waals surface area contributed by atoms with E-state index in [4.69, 9.17) is 11.6 Å². The van der Waals surface area contributed by atoms with Crippen molar-refractivity contribution in [3.63, 3.8) is 0 Å². The molecule has 3 rings (SSSR count). The van der Waals surface area contributed by atoms with Crippen molar-refractivity contribution in [2.24, 2.45) is 0 Å². The number of hydrogen-bond donors (Lipinski definition) is 0. The molecule has 18 heavy (non-hydrogen) atoms. The minimum absolute atomic E-state index is 0.532. The molecule has 0 aliphatic heterocycles. The molecular formula is C14H10ClN3. The summed E-state index contributed by atoms with van der Waals surface area (Å²) >= 11 is 5.95. The lowest BCUT2D eigenvalue weighted by Gasteiger charge is -2.06. The zero-order chi connectivity index (χ0) is 12.5. The zero-order valence-electron chi connectivity index (χ0n) is 9.76. The van der Waals surface area contributed by atoms with Gasteiger partial charge in [-0.3, -0.25) is 9.97 Å². The fraction of sp³-hybridized carbons (Fsp3) is 0.0714. The van der Waals surface area contributed by atoms with E-state index in [1.807, 2.05) is 31.2 Å². The van der Waals surface area contributed by atoms with Gasteiger partial charge in [0.2, 0.25) is 0 Å². The van der Waals surface area contributed by atoms with E-state index in [1.54, 1.807) is 18.6 Å². The average molecular weight is 256 g/mol. The minimum Gasteiger partial charge on any atom is -0.255 e. The Hall–Kier alpha value is -2.00. The van der Waals surface area contributed by atoms with Crippen molar-refractivity contribution in [2.45, 2.75) is 6.92 Å². The summed E-state index contributed by atoms with van der Waals surface area (Å²) in [4.78, 5) is 12.9. The SMILES string of the molecule is Cc1cc(-c2ccnc3cccnc23)cnc1Cl. The Morgan fingerprint density at radius 3 is 2.78 bits per heavy atom. The Morgan fingerprint density at radius 2 is 1.94 bits per heavy atom. The number of rotatable bonds is 1. The number of aryl methyl sites for hydroxylation is 1. The first-order chi connectivity index (χ1) is 8.75. The predicted octanol–water partition coefficient (Wildman–Crippen LogP) is 3.65.